The molecule has 29 heavy (non-hydrogen) atoms. The van der Waals surface area contributed by atoms with E-state index in [1.165, 1.54) is 6.42 Å². The highest BCUT2D eigenvalue weighted by Gasteiger charge is 2.19. The number of hydrogen-bond acceptors (Lipinski definition) is 9. The van der Waals surface area contributed by atoms with E-state index in [0.29, 0.717) is 30.0 Å². The van der Waals surface area contributed by atoms with Gasteiger partial charge in [0.25, 0.3) is 0 Å². The highest BCUT2D eigenvalue weighted by atomic mass is 16.5. The van der Waals surface area contributed by atoms with Crippen LogP contribution in [0.2, 0.25) is 0 Å². The van der Waals surface area contributed by atoms with Crippen LogP contribution >= 0.6 is 0 Å². The van der Waals surface area contributed by atoms with E-state index in [1.807, 2.05) is 26.1 Å². The van der Waals surface area contributed by atoms with Crippen molar-refractivity contribution >= 4 is 17.5 Å². The molecule has 3 rings (SSSR count). The minimum Gasteiger partial charge on any atom is -0.493 e. The molecular weight excluding hydrogens is 372 g/mol. The summed E-state index contributed by atoms with van der Waals surface area (Å²) in [5.41, 5.74) is 1.59. The summed E-state index contributed by atoms with van der Waals surface area (Å²) in [6, 6.07) is 7.34. The first-order chi connectivity index (χ1) is 14.1. The lowest BCUT2D eigenvalue weighted by Crippen LogP contribution is -2.40. The van der Waals surface area contributed by atoms with Crippen molar-refractivity contribution in [1.29, 1.82) is 0 Å². The molecule has 1 fully saturated rings. The molecule has 0 radical (unpaired) electrons. The Labute approximate surface area is 170 Å². The number of aromatic nitrogens is 2. The molecule has 1 heterocycles. The number of nitroso groups, excluding NO2 is 1. The van der Waals surface area contributed by atoms with E-state index in [-0.39, 0.29) is 6.61 Å². The number of ether oxygens (including phenoxy) is 2. The van der Waals surface area contributed by atoms with Crippen molar-refractivity contribution in [3.8, 4) is 11.5 Å². The highest BCUT2D eigenvalue weighted by Crippen LogP contribution is 2.31. The van der Waals surface area contributed by atoms with Gasteiger partial charge in [-0.3, -0.25) is 0 Å². The lowest BCUT2D eigenvalue weighted by molar-refractivity contribution is 0.255. The molecule has 3 N–H and O–H groups in total. The van der Waals surface area contributed by atoms with E-state index in [4.69, 9.17) is 9.47 Å². The normalized spacial score (nSPS) is 14.6. The zero-order valence-electron chi connectivity index (χ0n) is 17.1. The van der Waals surface area contributed by atoms with Gasteiger partial charge < -0.3 is 25.4 Å². The van der Waals surface area contributed by atoms with E-state index in [9.17, 15) is 4.91 Å². The van der Waals surface area contributed by atoms with Crippen molar-refractivity contribution in [2.45, 2.75) is 38.3 Å². The molecule has 1 saturated carbocycles. The maximum absolute atomic E-state index is 11.2. The average molecular weight is 400 g/mol. The van der Waals surface area contributed by atoms with Gasteiger partial charge in [-0.1, -0.05) is 11.6 Å². The van der Waals surface area contributed by atoms with Gasteiger partial charge >= 0.3 is 0 Å². The topological polar surface area (TPSA) is 110 Å². The Morgan fingerprint density at radius 1 is 1.24 bits per heavy atom. The van der Waals surface area contributed by atoms with E-state index in [1.54, 1.807) is 19.2 Å². The Morgan fingerprint density at radius 3 is 2.72 bits per heavy atom. The van der Waals surface area contributed by atoms with E-state index in [2.05, 4.69) is 31.1 Å². The van der Waals surface area contributed by atoms with Crippen LogP contribution in [0.15, 0.2) is 29.4 Å². The van der Waals surface area contributed by atoms with Gasteiger partial charge in [-0.2, -0.15) is 9.89 Å². The number of aryl methyl sites for hydroxylation is 1. The van der Waals surface area contributed by atoms with Gasteiger partial charge in [-0.15, -0.1) is 0 Å². The van der Waals surface area contributed by atoms with Gasteiger partial charge in [0.2, 0.25) is 5.95 Å². The number of anilines is 3. The van der Waals surface area contributed by atoms with Gasteiger partial charge in [0.15, 0.2) is 11.5 Å². The minimum atomic E-state index is -0.463. The molecule has 1 aliphatic carbocycles. The number of rotatable bonds is 11. The van der Waals surface area contributed by atoms with Crippen LogP contribution in [-0.4, -0.2) is 49.4 Å². The van der Waals surface area contributed by atoms with Crippen LogP contribution in [0.25, 0.3) is 0 Å². The minimum absolute atomic E-state index is 0.174. The second kappa shape index (κ2) is 10.0. The van der Waals surface area contributed by atoms with Gasteiger partial charge in [0.05, 0.1) is 7.11 Å². The Hall–Kier alpha value is -2.94. The maximum atomic E-state index is 11.2. The van der Waals surface area contributed by atoms with Gasteiger partial charge in [-0.05, 0) is 31.9 Å². The molecule has 9 heteroatoms. The molecule has 0 spiro atoms. The Kier molecular flexibility index (Phi) is 7.18. The quantitative estimate of drug-likeness (QED) is 0.493. The smallest absolute Gasteiger partial charge is 0.229 e. The van der Waals surface area contributed by atoms with E-state index in [0.717, 1.165) is 30.0 Å². The van der Waals surface area contributed by atoms with Crippen LogP contribution in [0.5, 0.6) is 11.5 Å². The molecule has 0 amide bonds. The van der Waals surface area contributed by atoms with Crippen molar-refractivity contribution in [2.75, 3.05) is 37.9 Å². The standard InChI is InChI=1S/C20H28N6O3/c1-13-9-19(21-2)25-20(23-13)24-15-7-8-17(28-3)18(10-15)29-12-16(26-27)11-22-14-5-4-6-14/h7-10,14,16,22H,4-6,11-12H2,1-3H3,(H2,21,23,24,25). The fourth-order valence-electron chi connectivity index (χ4n) is 2.98. The summed E-state index contributed by atoms with van der Waals surface area (Å²) in [6.07, 6.45) is 3.55. The largest absolute Gasteiger partial charge is 0.493 e. The lowest BCUT2D eigenvalue weighted by Gasteiger charge is -2.27. The zero-order valence-corrected chi connectivity index (χ0v) is 17.1. The van der Waals surface area contributed by atoms with Crippen molar-refractivity contribution in [1.82, 2.24) is 15.3 Å². The predicted octanol–water partition coefficient (Wildman–Crippen LogP) is 3.23. The van der Waals surface area contributed by atoms with Crippen LogP contribution in [0.4, 0.5) is 17.5 Å². The number of hydrogen-bond donors (Lipinski definition) is 3. The Balaban J connectivity index is 1.66. The third-order valence-corrected chi connectivity index (χ3v) is 4.86. The number of benzene rings is 1. The van der Waals surface area contributed by atoms with Crippen LogP contribution in [0.3, 0.4) is 0 Å². The molecule has 0 saturated heterocycles. The molecular formula is C20H28N6O3. The number of methoxy groups -OCH3 is 1. The molecule has 156 valence electrons. The van der Waals surface area contributed by atoms with Crippen LogP contribution < -0.4 is 25.4 Å². The van der Waals surface area contributed by atoms with Gasteiger partial charge in [0.1, 0.15) is 18.5 Å². The fourth-order valence-corrected chi connectivity index (χ4v) is 2.98. The van der Waals surface area contributed by atoms with Crippen molar-refractivity contribution < 1.29 is 9.47 Å². The first-order valence-corrected chi connectivity index (χ1v) is 9.78. The molecule has 0 aliphatic heterocycles. The summed E-state index contributed by atoms with van der Waals surface area (Å²) in [7, 11) is 3.38. The summed E-state index contributed by atoms with van der Waals surface area (Å²) in [6.45, 7) is 2.59. The van der Waals surface area contributed by atoms with Crippen LogP contribution in [0, 0.1) is 11.8 Å². The predicted molar refractivity (Wildman–Crippen MR) is 113 cm³/mol. The molecule has 1 aromatic carbocycles. The lowest BCUT2D eigenvalue weighted by atomic mass is 9.93. The van der Waals surface area contributed by atoms with Gasteiger partial charge in [0, 0.05) is 43.1 Å². The summed E-state index contributed by atoms with van der Waals surface area (Å²) in [5.74, 6) is 2.30. The number of nitrogens with zero attached hydrogens (tertiary/aromatic N) is 3. The second-order valence-corrected chi connectivity index (χ2v) is 7.07. The highest BCUT2D eigenvalue weighted by molar-refractivity contribution is 5.60. The summed E-state index contributed by atoms with van der Waals surface area (Å²) in [5, 5.41) is 12.7. The van der Waals surface area contributed by atoms with Gasteiger partial charge in [-0.25, -0.2) is 4.98 Å². The average Bonchev–Trinajstić information content (AvgIpc) is 2.68. The number of nitrogens with one attached hydrogen (secondary N) is 3. The van der Waals surface area contributed by atoms with Crippen molar-refractivity contribution in [2.24, 2.45) is 5.18 Å². The fraction of sp³-hybridized carbons (Fsp3) is 0.500. The molecule has 9 nitrogen and oxygen atoms in total. The van der Waals surface area contributed by atoms with Crippen LogP contribution in [-0.2, 0) is 0 Å². The second-order valence-electron chi connectivity index (χ2n) is 7.07. The summed E-state index contributed by atoms with van der Waals surface area (Å²) in [4.78, 5) is 19.9. The van der Waals surface area contributed by atoms with E-state index >= 15 is 0 Å². The molecule has 1 unspecified atom stereocenters. The molecule has 1 atom stereocenters. The zero-order chi connectivity index (χ0) is 20.6. The third kappa shape index (κ3) is 5.77. The summed E-state index contributed by atoms with van der Waals surface area (Å²) < 4.78 is 11.2. The Bertz CT molecular complexity index is 828. The molecule has 0 bridgehead atoms. The monoisotopic (exact) mass is 400 g/mol. The third-order valence-electron chi connectivity index (χ3n) is 4.86. The first kappa shape index (κ1) is 20.8. The van der Waals surface area contributed by atoms with Crippen molar-refractivity contribution in [3.05, 3.63) is 34.9 Å². The van der Waals surface area contributed by atoms with Crippen LogP contribution in [0.1, 0.15) is 25.0 Å². The Morgan fingerprint density at radius 2 is 2.07 bits per heavy atom. The SMILES string of the molecule is CNc1cc(C)nc(Nc2ccc(OC)c(OCC(CNC3CCC3)N=O)c2)n1. The van der Waals surface area contributed by atoms with E-state index < -0.39 is 6.04 Å². The molecule has 1 aromatic heterocycles. The summed E-state index contributed by atoms with van der Waals surface area (Å²) >= 11 is 0. The molecule has 1 aliphatic rings. The maximum Gasteiger partial charge on any atom is 0.229 e. The first-order valence-electron chi connectivity index (χ1n) is 9.78. The van der Waals surface area contributed by atoms with Crippen molar-refractivity contribution in [3.63, 3.8) is 0 Å². The molecule has 2 aromatic rings.